The van der Waals surface area contributed by atoms with E-state index in [2.05, 4.69) is 59.9 Å². The summed E-state index contributed by atoms with van der Waals surface area (Å²) in [6.45, 7) is 5.97. The first-order valence-corrected chi connectivity index (χ1v) is 16.7. The molecule has 3 N–H and O–H groups in total. The van der Waals surface area contributed by atoms with Crippen molar-refractivity contribution in [3.63, 3.8) is 0 Å². The molecular weight excluding hydrogens is 671 g/mol. The third-order valence-corrected chi connectivity index (χ3v) is 8.69. The molecular formula is C38H38F3N9O2. The van der Waals surface area contributed by atoms with Crippen LogP contribution in [0.3, 0.4) is 0 Å². The van der Waals surface area contributed by atoms with E-state index in [0.29, 0.717) is 29.3 Å². The predicted molar refractivity (Wildman–Crippen MR) is 196 cm³/mol. The lowest BCUT2D eigenvalue weighted by Gasteiger charge is -2.34. The molecule has 0 spiro atoms. The zero-order chi connectivity index (χ0) is 36.7. The number of aromatic nitrogens is 3. The first kappa shape index (κ1) is 35.8. The van der Waals surface area contributed by atoms with Crippen molar-refractivity contribution in [2.75, 3.05) is 65.5 Å². The van der Waals surface area contributed by atoms with Crippen LogP contribution in [0.2, 0.25) is 0 Å². The largest absolute Gasteiger partial charge is 0.416 e. The number of carbonyl (C=O) groups excluding carboxylic acids is 2. The van der Waals surface area contributed by atoms with E-state index in [1.807, 2.05) is 30.3 Å². The maximum atomic E-state index is 14.0. The van der Waals surface area contributed by atoms with Gasteiger partial charge in [0.1, 0.15) is 18.0 Å². The van der Waals surface area contributed by atoms with Crippen LogP contribution in [-0.4, -0.2) is 71.6 Å². The Balaban J connectivity index is 1.19. The Kier molecular flexibility index (Phi) is 10.9. The van der Waals surface area contributed by atoms with Gasteiger partial charge in [0.15, 0.2) is 0 Å². The Hall–Kier alpha value is -6.02. The smallest absolute Gasteiger partial charge is 0.369 e. The van der Waals surface area contributed by atoms with Crippen molar-refractivity contribution in [1.29, 1.82) is 0 Å². The number of nitrogens with one attached hydrogen (secondary N) is 3. The molecule has 14 heteroatoms. The Labute approximate surface area is 299 Å². The Morgan fingerprint density at radius 2 is 1.60 bits per heavy atom. The van der Waals surface area contributed by atoms with E-state index in [1.54, 1.807) is 37.4 Å². The normalized spacial score (nSPS) is 13.4. The van der Waals surface area contributed by atoms with Gasteiger partial charge in [-0.15, -0.1) is 0 Å². The molecule has 6 rings (SSSR count). The average molecular weight is 710 g/mol. The van der Waals surface area contributed by atoms with Crippen LogP contribution < -0.4 is 25.8 Å². The van der Waals surface area contributed by atoms with Gasteiger partial charge in [-0.25, -0.2) is 14.8 Å². The number of amides is 3. The van der Waals surface area contributed by atoms with E-state index in [-0.39, 0.29) is 17.8 Å². The topological polar surface area (TPSA) is 119 Å². The van der Waals surface area contributed by atoms with Gasteiger partial charge in [-0.2, -0.15) is 13.2 Å². The number of alkyl halides is 3. The van der Waals surface area contributed by atoms with Crippen molar-refractivity contribution in [1.82, 2.24) is 19.9 Å². The second kappa shape index (κ2) is 15.9. The lowest BCUT2D eigenvalue weighted by atomic mass is 10.1. The fourth-order valence-electron chi connectivity index (χ4n) is 5.68. The van der Waals surface area contributed by atoms with Crippen LogP contribution in [0.4, 0.5) is 52.4 Å². The molecule has 0 unspecified atom stereocenters. The number of nitrogens with zero attached hydrogens (tertiary/aromatic N) is 6. The third-order valence-electron chi connectivity index (χ3n) is 8.69. The summed E-state index contributed by atoms with van der Waals surface area (Å²) in [5, 5.41) is 8.85. The van der Waals surface area contributed by atoms with E-state index < -0.39 is 23.7 Å². The van der Waals surface area contributed by atoms with Crippen LogP contribution in [0.1, 0.15) is 27.2 Å². The van der Waals surface area contributed by atoms with E-state index in [0.717, 1.165) is 55.4 Å². The van der Waals surface area contributed by atoms with Gasteiger partial charge >= 0.3 is 12.2 Å². The molecule has 3 aromatic carbocycles. The number of piperazine rings is 1. The molecule has 0 atom stereocenters. The number of halogens is 3. The first-order chi connectivity index (χ1) is 25.0. The van der Waals surface area contributed by atoms with Crippen molar-refractivity contribution in [3.8, 4) is 0 Å². The highest BCUT2D eigenvalue weighted by molar-refractivity contribution is 6.06. The minimum Gasteiger partial charge on any atom is -0.369 e. The fraction of sp³-hybridized carbons (Fsp3) is 0.237. The SMILES string of the molecule is Cc1ccc(NC(=O)c2cccc(C(F)(F)F)c2)cc1NC(=O)N(CCc1ccccn1)c1cc(Nc2ccc(N3CCN(C)CC3)cc2)ncn1. The van der Waals surface area contributed by atoms with Crippen molar-refractivity contribution < 1.29 is 22.8 Å². The van der Waals surface area contributed by atoms with Gasteiger partial charge in [-0.1, -0.05) is 18.2 Å². The average Bonchev–Trinajstić information content (AvgIpc) is 3.14. The van der Waals surface area contributed by atoms with Gasteiger partial charge in [-0.3, -0.25) is 14.7 Å². The number of hydrogen-bond acceptors (Lipinski definition) is 8. The van der Waals surface area contributed by atoms with Crippen LogP contribution in [0.15, 0.2) is 104 Å². The predicted octanol–water partition coefficient (Wildman–Crippen LogP) is 7.23. The number of likely N-dealkylation sites (N-methyl/N-ethyl adjacent to an activating group) is 1. The van der Waals surface area contributed by atoms with Gasteiger partial charge in [0.25, 0.3) is 5.91 Å². The van der Waals surface area contributed by atoms with E-state index >= 15 is 0 Å². The summed E-state index contributed by atoms with van der Waals surface area (Å²) in [6.07, 6.45) is -1.09. The highest BCUT2D eigenvalue weighted by atomic mass is 19.4. The standard InChI is InChI=1S/C38H38F3N9O2/c1-26-9-10-31(46-36(51)27-6-5-7-28(22-27)38(39,40)41)23-33(26)47-37(52)50(17-15-29-8-3-4-16-42-29)35-24-34(43-25-44-35)45-30-11-13-32(14-12-30)49-20-18-48(2)19-21-49/h3-14,16,22-25H,15,17-21H2,1-2H3,(H,46,51)(H,47,52)(H,43,44,45). The molecule has 1 fully saturated rings. The zero-order valence-electron chi connectivity index (χ0n) is 28.7. The number of aryl methyl sites for hydroxylation is 1. The van der Waals surface area contributed by atoms with Gasteiger partial charge in [-0.05, 0) is 86.3 Å². The van der Waals surface area contributed by atoms with E-state index in [9.17, 15) is 22.8 Å². The monoisotopic (exact) mass is 709 g/mol. The van der Waals surface area contributed by atoms with Gasteiger partial charge in [0.05, 0.1) is 5.56 Å². The van der Waals surface area contributed by atoms with Crippen molar-refractivity contribution in [2.45, 2.75) is 19.5 Å². The molecule has 11 nitrogen and oxygen atoms in total. The van der Waals surface area contributed by atoms with Crippen LogP contribution in [-0.2, 0) is 12.6 Å². The summed E-state index contributed by atoms with van der Waals surface area (Å²) in [4.78, 5) is 46.2. The van der Waals surface area contributed by atoms with Crippen LogP contribution in [0.5, 0.6) is 0 Å². The first-order valence-electron chi connectivity index (χ1n) is 16.7. The fourth-order valence-corrected chi connectivity index (χ4v) is 5.68. The second-order valence-electron chi connectivity index (χ2n) is 12.4. The third kappa shape index (κ3) is 9.20. The lowest BCUT2D eigenvalue weighted by molar-refractivity contribution is -0.137. The lowest BCUT2D eigenvalue weighted by Crippen LogP contribution is -2.44. The summed E-state index contributed by atoms with van der Waals surface area (Å²) in [7, 11) is 2.13. The molecule has 1 saturated heterocycles. The maximum Gasteiger partial charge on any atom is 0.416 e. The summed E-state index contributed by atoms with van der Waals surface area (Å²) < 4.78 is 39.7. The summed E-state index contributed by atoms with van der Waals surface area (Å²) in [5.41, 5.74) is 3.05. The van der Waals surface area contributed by atoms with Crippen molar-refractivity contribution >= 4 is 46.3 Å². The Morgan fingerprint density at radius 1 is 0.827 bits per heavy atom. The van der Waals surface area contributed by atoms with Gasteiger partial charge in [0.2, 0.25) is 0 Å². The summed E-state index contributed by atoms with van der Waals surface area (Å²) in [5.74, 6) is 0.106. The molecule has 268 valence electrons. The number of pyridine rings is 1. The van der Waals surface area contributed by atoms with Crippen LogP contribution in [0.25, 0.3) is 0 Å². The van der Waals surface area contributed by atoms with E-state index in [1.165, 1.54) is 23.4 Å². The van der Waals surface area contributed by atoms with Gasteiger partial charge in [0, 0.05) is 85.4 Å². The molecule has 1 aliphatic rings. The molecule has 5 aromatic rings. The summed E-state index contributed by atoms with van der Waals surface area (Å²) >= 11 is 0. The number of hydrogen-bond donors (Lipinski definition) is 3. The van der Waals surface area contributed by atoms with Crippen molar-refractivity contribution in [2.24, 2.45) is 0 Å². The van der Waals surface area contributed by atoms with Crippen LogP contribution >= 0.6 is 0 Å². The quantitative estimate of drug-likeness (QED) is 0.139. The second-order valence-corrected chi connectivity index (χ2v) is 12.4. The minimum absolute atomic E-state index is 0.152. The molecule has 1 aliphatic heterocycles. The van der Waals surface area contributed by atoms with Gasteiger partial charge < -0.3 is 25.8 Å². The molecule has 0 saturated carbocycles. The number of carbonyl (C=O) groups is 2. The molecule has 52 heavy (non-hydrogen) atoms. The molecule has 2 aromatic heterocycles. The maximum absolute atomic E-state index is 14.0. The number of urea groups is 1. The summed E-state index contributed by atoms with van der Waals surface area (Å²) in [6, 6.07) is 23.9. The minimum atomic E-state index is -4.59. The molecule has 0 bridgehead atoms. The zero-order valence-corrected chi connectivity index (χ0v) is 28.7. The molecule has 0 aliphatic carbocycles. The highest BCUT2D eigenvalue weighted by Gasteiger charge is 2.31. The highest BCUT2D eigenvalue weighted by Crippen LogP contribution is 2.30. The van der Waals surface area contributed by atoms with Crippen LogP contribution in [0, 0.1) is 6.92 Å². The number of anilines is 6. The molecule has 3 heterocycles. The molecule has 3 amide bonds. The Morgan fingerprint density at radius 3 is 2.33 bits per heavy atom. The van der Waals surface area contributed by atoms with Crippen molar-refractivity contribution in [3.05, 3.63) is 126 Å². The number of benzene rings is 3. The molecule has 0 radical (unpaired) electrons. The van der Waals surface area contributed by atoms with E-state index in [4.69, 9.17) is 0 Å². The Bertz CT molecular complexity index is 2000. The number of rotatable bonds is 10.